The summed E-state index contributed by atoms with van der Waals surface area (Å²) in [6, 6.07) is 1.61. The van der Waals surface area contributed by atoms with Gasteiger partial charge in [-0.2, -0.15) is 0 Å². The molecule has 17 heavy (non-hydrogen) atoms. The monoisotopic (exact) mass is 230 g/mol. The molecule has 3 rings (SSSR count). The first-order chi connectivity index (χ1) is 8.18. The van der Waals surface area contributed by atoms with Gasteiger partial charge in [-0.05, 0) is 6.07 Å². The largest absolute Gasteiger partial charge is 0.367 e. The Kier molecular flexibility index (Phi) is 1.91. The van der Waals surface area contributed by atoms with Gasteiger partial charge in [0.15, 0.2) is 5.82 Å². The van der Waals surface area contributed by atoms with Crippen LogP contribution in [0.25, 0.3) is 10.9 Å². The zero-order valence-corrected chi connectivity index (χ0v) is 8.93. The predicted octanol–water partition coefficient (Wildman–Crippen LogP) is -0.0791. The number of rotatable bonds is 1. The van der Waals surface area contributed by atoms with Crippen LogP contribution in [-0.2, 0) is 6.54 Å². The zero-order chi connectivity index (χ0) is 12.0. The third kappa shape index (κ3) is 1.30. The number of nitrogens with two attached hydrogens (primary N) is 1. The molecule has 0 radical (unpaired) electrons. The fraction of sp³-hybridized carbons (Fsp3) is 0.182. The van der Waals surface area contributed by atoms with Gasteiger partial charge in [-0.25, -0.2) is 4.98 Å². The maximum Gasteiger partial charge on any atom is 0.254 e. The van der Waals surface area contributed by atoms with E-state index in [0.29, 0.717) is 24.3 Å². The molecule has 6 nitrogen and oxygen atoms in total. The van der Waals surface area contributed by atoms with E-state index in [4.69, 9.17) is 5.73 Å². The molecule has 0 fully saturated rings. The van der Waals surface area contributed by atoms with Gasteiger partial charge in [-0.1, -0.05) is 0 Å². The first kappa shape index (κ1) is 9.83. The lowest BCUT2D eigenvalue weighted by atomic mass is 10.1. The van der Waals surface area contributed by atoms with Crippen molar-refractivity contribution in [1.29, 1.82) is 0 Å². The highest BCUT2D eigenvalue weighted by Crippen LogP contribution is 2.21. The molecular weight excluding hydrogens is 220 g/mol. The van der Waals surface area contributed by atoms with Gasteiger partial charge < -0.3 is 15.6 Å². The van der Waals surface area contributed by atoms with Gasteiger partial charge in [0.05, 0.1) is 10.9 Å². The van der Waals surface area contributed by atoms with Gasteiger partial charge in [0.1, 0.15) is 5.56 Å². The number of carbonyl (C=O) groups excluding carboxylic acids is 1. The average Bonchev–Trinajstić information content (AvgIpc) is 2.33. The van der Waals surface area contributed by atoms with Crippen LogP contribution in [0.2, 0.25) is 0 Å². The molecule has 0 atom stereocenters. The molecule has 0 aromatic carbocycles. The van der Waals surface area contributed by atoms with Crippen molar-refractivity contribution in [2.75, 3.05) is 11.9 Å². The molecule has 1 amide bonds. The van der Waals surface area contributed by atoms with Crippen LogP contribution in [0.15, 0.2) is 23.3 Å². The maximum absolute atomic E-state index is 12.0. The number of nitrogens with one attached hydrogen (secondary N) is 1. The topological polar surface area (TPSA) is 90.0 Å². The number of aromatic nitrogens is 2. The normalized spacial score (nSPS) is 13.4. The molecule has 1 aliphatic rings. The smallest absolute Gasteiger partial charge is 0.254 e. The second kappa shape index (κ2) is 3.31. The third-order valence-electron chi connectivity index (χ3n) is 2.90. The number of pyridine rings is 2. The molecule has 0 spiro atoms. The lowest BCUT2D eigenvalue weighted by Crippen LogP contribution is -2.27. The molecule has 0 unspecified atom stereocenters. The Bertz CT molecular complexity index is 690. The molecular formula is C11H10N4O2. The Labute approximate surface area is 96.1 Å². The first-order valence-electron chi connectivity index (χ1n) is 5.24. The molecule has 2 aromatic heterocycles. The Balaban J connectivity index is 2.51. The van der Waals surface area contributed by atoms with Crippen LogP contribution in [0.4, 0.5) is 5.82 Å². The van der Waals surface area contributed by atoms with Crippen LogP contribution in [0.1, 0.15) is 10.4 Å². The van der Waals surface area contributed by atoms with E-state index in [2.05, 4.69) is 10.3 Å². The third-order valence-corrected chi connectivity index (χ3v) is 2.90. The Morgan fingerprint density at radius 1 is 1.53 bits per heavy atom. The molecule has 2 aromatic rings. The van der Waals surface area contributed by atoms with E-state index in [9.17, 15) is 9.59 Å². The fourth-order valence-electron chi connectivity index (χ4n) is 2.13. The summed E-state index contributed by atoms with van der Waals surface area (Å²) in [5, 5.41) is 3.59. The summed E-state index contributed by atoms with van der Waals surface area (Å²) in [5.74, 6) is -0.0283. The van der Waals surface area contributed by atoms with Crippen LogP contribution in [0.5, 0.6) is 0 Å². The van der Waals surface area contributed by atoms with Crippen LogP contribution < -0.4 is 16.5 Å². The van der Waals surface area contributed by atoms with Crippen molar-refractivity contribution in [1.82, 2.24) is 9.55 Å². The van der Waals surface area contributed by atoms with Gasteiger partial charge in [-0.15, -0.1) is 0 Å². The van der Waals surface area contributed by atoms with Gasteiger partial charge in [0.25, 0.3) is 5.91 Å². The molecule has 0 aliphatic carbocycles. The standard InChI is InChI=1S/C11H10N4O2/c12-10(17)7-5-15-4-3-14-11-8(15)6(9(7)16)1-2-13-11/h1-2,5H,3-4H2,(H2,12,17)(H,13,14). The lowest BCUT2D eigenvalue weighted by Gasteiger charge is -2.20. The Morgan fingerprint density at radius 2 is 2.35 bits per heavy atom. The van der Waals surface area contributed by atoms with Gasteiger partial charge in [-0.3, -0.25) is 9.59 Å². The van der Waals surface area contributed by atoms with Gasteiger partial charge in [0.2, 0.25) is 5.43 Å². The van der Waals surface area contributed by atoms with E-state index >= 15 is 0 Å². The fourth-order valence-corrected chi connectivity index (χ4v) is 2.13. The quantitative estimate of drug-likeness (QED) is 0.717. The SMILES string of the molecule is NC(=O)c1cn2c3c(nccc3c1=O)NCC2. The summed E-state index contributed by atoms with van der Waals surface area (Å²) >= 11 is 0. The highest BCUT2D eigenvalue weighted by Gasteiger charge is 2.18. The minimum absolute atomic E-state index is 0.0246. The van der Waals surface area contributed by atoms with E-state index in [-0.39, 0.29) is 11.0 Å². The summed E-state index contributed by atoms with van der Waals surface area (Å²) in [6.45, 7) is 1.38. The van der Waals surface area contributed by atoms with Crippen molar-refractivity contribution in [2.24, 2.45) is 5.73 Å². The van der Waals surface area contributed by atoms with Crippen molar-refractivity contribution in [3.8, 4) is 0 Å². The zero-order valence-electron chi connectivity index (χ0n) is 8.93. The van der Waals surface area contributed by atoms with E-state index in [1.54, 1.807) is 12.3 Å². The highest BCUT2D eigenvalue weighted by molar-refractivity contribution is 5.98. The van der Waals surface area contributed by atoms with Crippen LogP contribution in [0.3, 0.4) is 0 Å². The minimum atomic E-state index is -0.697. The van der Waals surface area contributed by atoms with Crippen LogP contribution in [-0.4, -0.2) is 22.0 Å². The summed E-state index contributed by atoms with van der Waals surface area (Å²) < 4.78 is 1.84. The number of carbonyl (C=O) groups is 1. The maximum atomic E-state index is 12.0. The Hall–Kier alpha value is -2.37. The van der Waals surface area contributed by atoms with Crippen molar-refractivity contribution in [3.05, 3.63) is 34.2 Å². The molecule has 1 aliphatic heterocycles. The van der Waals surface area contributed by atoms with E-state index in [1.165, 1.54) is 6.20 Å². The molecule has 0 saturated carbocycles. The van der Waals surface area contributed by atoms with Crippen molar-refractivity contribution < 1.29 is 4.79 Å². The number of primary amides is 1. The average molecular weight is 230 g/mol. The number of anilines is 1. The van der Waals surface area contributed by atoms with E-state index < -0.39 is 5.91 Å². The van der Waals surface area contributed by atoms with E-state index in [1.807, 2.05) is 4.57 Å². The summed E-state index contributed by atoms with van der Waals surface area (Å²) in [5.41, 5.74) is 5.62. The molecule has 3 N–H and O–H groups in total. The number of hydrogen-bond acceptors (Lipinski definition) is 4. The predicted molar refractivity (Wildman–Crippen MR) is 63.0 cm³/mol. The second-order valence-electron chi connectivity index (χ2n) is 3.91. The summed E-state index contributed by atoms with van der Waals surface area (Å²) in [6.07, 6.45) is 3.06. The second-order valence-corrected chi connectivity index (χ2v) is 3.91. The first-order valence-corrected chi connectivity index (χ1v) is 5.24. The lowest BCUT2D eigenvalue weighted by molar-refractivity contribution is 0.0998. The summed E-state index contributed by atoms with van der Waals surface area (Å²) in [7, 11) is 0. The number of hydrogen-bond donors (Lipinski definition) is 2. The highest BCUT2D eigenvalue weighted by atomic mass is 16.2. The van der Waals surface area contributed by atoms with Crippen LogP contribution >= 0.6 is 0 Å². The summed E-state index contributed by atoms with van der Waals surface area (Å²) in [4.78, 5) is 27.4. The molecule has 3 heterocycles. The molecule has 6 heteroatoms. The molecule has 0 saturated heterocycles. The van der Waals surface area contributed by atoms with E-state index in [0.717, 1.165) is 5.52 Å². The Morgan fingerprint density at radius 3 is 3.12 bits per heavy atom. The number of nitrogens with zero attached hydrogens (tertiary/aromatic N) is 2. The van der Waals surface area contributed by atoms with Crippen molar-refractivity contribution >= 4 is 22.6 Å². The van der Waals surface area contributed by atoms with Gasteiger partial charge in [0, 0.05) is 25.5 Å². The number of amides is 1. The van der Waals surface area contributed by atoms with Crippen LogP contribution in [0, 0.1) is 0 Å². The van der Waals surface area contributed by atoms with Gasteiger partial charge >= 0.3 is 0 Å². The van der Waals surface area contributed by atoms with Crippen molar-refractivity contribution in [3.63, 3.8) is 0 Å². The van der Waals surface area contributed by atoms with Crippen molar-refractivity contribution in [2.45, 2.75) is 6.54 Å². The molecule has 0 bridgehead atoms. The molecule has 86 valence electrons. The minimum Gasteiger partial charge on any atom is -0.367 e.